The zero-order valence-electron chi connectivity index (χ0n) is 20.9. The molecule has 4 unspecified atom stereocenters. The molecule has 3 amide bonds. The summed E-state index contributed by atoms with van der Waals surface area (Å²) >= 11 is 4.13. The number of nitrogens with one attached hydrogen (secondary N) is 3. The fourth-order valence-corrected chi connectivity index (χ4v) is 3.77. The number of hydrogen-bond donors (Lipinski definition) is 9. The zero-order valence-corrected chi connectivity index (χ0v) is 21.8. The minimum Gasteiger partial charge on any atom is -0.508 e. The summed E-state index contributed by atoms with van der Waals surface area (Å²) < 4.78 is 0. The minimum absolute atomic E-state index is 0.0868. The molecule has 0 saturated carbocycles. The van der Waals surface area contributed by atoms with Gasteiger partial charge in [0, 0.05) is 5.75 Å². The number of thiol groups is 1. The van der Waals surface area contributed by atoms with Gasteiger partial charge in [-0.2, -0.15) is 12.6 Å². The van der Waals surface area contributed by atoms with Crippen molar-refractivity contribution in [2.24, 2.45) is 17.2 Å². The van der Waals surface area contributed by atoms with Gasteiger partial charge in [0.05, 0.1) is 6.04 Å². The van der Waals surface area contributed by atoms with Crippen molar-refractivity contribution in [2.75, 3.05) is 18.8 Å². The van der Waals surface area contributed by atoms with E-state index in [-0.39, 0.29) is 30.8 Å². The highest BCUT2D eigenvalue weighted by Gasteiger charge is 2.29. The molecule has 1 rings (SSSR count). The number of carbonyl (C=O) groups excluding carboxylic acids is 3. The van der Waals surface area contributed by atoms with Crippen LogP contribution in [-0.4, -0.2) is 76.9 Å². The molecule has 0 heterocycles. The van der Waals surface area contributed by atoms with Gasteiger partial charge in [0.2, 0.25) is 17.7 Å². The number of hydrogen-bond acceptors (Lipinski definition) is 9. The number of rotatable bonds is 18. The number of carbonyl (C=O) groups is 4. The van der Waals surface area contributed by atoms with Gasteiger partial charge in [-0.15, -0.1) is 0 Å². The van der Waals surface area contributed by atoms with Crippen LogP contribution in [0.25, 0.3) is 0 Å². The van der Waals surface area contributed by atoms with E-state index in [4.69, 9.17) is 17.2 Å². The summed E-state index contributed by atoms with van der Waals surface area (Å²) in [4.78, 5) is 50.0. The van der Waals surface area contributed by atoms with Crippen LogP contribution in [0.5, 0.6) is 5.75 Å². The largest absolute Gasteiger partial charge is 0.508 e. The lowest BCUT2D eigenvalue weighted by atomic mass is 10.0. The zero-order chi connectivity index (χ0) is 27.8. The first kappa shape index (κ1) is 32.2. The number of phenols is 1. The maximum atomic E-state index is 13.0. The molecule has 37 heavy (non-hydrogen) atoms. The Morgan fingerprint density at radius 1 is 0.784 bits per heavy atom. The molecule has 0 aromatic heterocycles. The van der Waals surface area contributed by atoms with Crippen molar-refractivity contribution in [1.29, 1.82) is 0 Å². The number of unbranched alkanes of at least 4 members (excludes halogenated alkanes) is 2. The van der Waals surface area contributed by atoms with Crippen LogP contribution in [0.1, 0.15) is 44.1 Å². The fraction of sp³-hybridized carbons (Fsp3) is 0.583. The second kappa shape index (κ2) is 17.6. The highest BCUT2D eigenvalue weighted by atomic mass is 32.1. The van der Waals surface area contributed by atoms with Gasteiger partial charge in [-0.3, -0.25) is 14.4 Å². The van der Waals surface area contributed by atoms with E-state index >= 15 is 0 Å². The Balaban J connectivity index is 2.83. The Hall–Kier alpha value is -2.87. The van der Waals surface area contributed by atoms with E-state index in [1.54, 1.807) is 12.1 Å². The second-order valence-corrected chi connectivity index (χ2v) is 9.12. The molecule has 0 aliphatic carbocycles. The van der Waals surface area contributed by atoms with Crippen LogP contribution in [0.4, 0.5) is 0 Å². The molecular weight excluding hydrogens is 500 g/mol. The maximum Gasteiger partial charge on any atom is 0.326 e. The van der Waals surface area contributed by atoms with Crippen LogP contribution >= 0.6 is 12.6 Å². The van der Waals surface area contributed by atoms with E-state index in [1.807, 2.05) is 0 Å². The van der Waals surface area contributed by atoms with Gasteiger partial charge >= 0.3 is 5.97 Å². The number of carboxylic acids is 1. The van der Waals surface area contributed by atoms with Crippen molar-refractivity contribution in [1.82, 2.24) is 16.0 Å². The number of nitrogens with two attached hydrogens (primary N) is 3. The van der Waals surface area contributed by atoms with Gasteiger partial charge in [0.15, 0.2) is 0 Å². The number of amides is 3. The quantitative estimate of drug-likeness (QED) is 0.0820. The van der Waals surface area contributed by atoms with E-state index in [0.717, 1.165) is 5.56 Å². The molecule has 0 bridgehead atoms. The average Bonchev–Trinajstić information content (AvgIpc) is 2.87. The van der Waals surface area contributed by atoms with Gasteiger partial charge in [0.25, 0.3) is 0 Å². The van der Waals surface area contributed by atoms with E-state index in [2.05, 4.69) is 28.6 Å². The third-order valence-electron chi connectivity index (χ3n) is 5.69. The van der Waals surface area contributed by atoms with E-state index in [0.29, 0.717) is 38.8 Å². The molecule has 0 aliphatic heterocycles. The van der Waals surface area contributed by atoms with Crippen molar-refractivity contribution in [3.05, 3.63) is 29.8 Å². The van der Waals surface area contributed by atoms with Crippen molar-refractivity contribution in [3.8, 4) is 5.75 Å². The highest BCUT2D eigenvalue weighted by molar-refractivity contribution is 7.80. The van der Waals surface area contributed by atoms with Gasteiger partial charge in [-0.1, -0.05) is 12.1 Å². The normalized spacial score (nSPS) is 14.2. The molecule has 0 aliphatic rings. The van der Waals surface area contributed by atoms with Crippen molar-refractivity contribution in [2.45, 2.75) is 69.1 Å². The predicted molar refractivity (Wildman–Crippen MR) is 143 cm³/mol. The first-order valence-electron chi connectivity index (χ1n) is 12.3. The summed E-state index contributed by atoms with van der Waals surface area (Å²) in [5.74, 6) is -3.06. The van der Waals surface area contributed by atoms with Gasteiger partial charge < -0.3 is 43.4 Å². The molecule has 208 valence electrons. The molecule has 1 aromatic carbocycles. The average molecular weight is 541 g/mol. The first-order valence-corrected chi connectivity index (χ1v) is 12.9. The first-order chi connectivity index (χ1) is 17.6. The van der Waals surface area contributed by atoms with E-state index in [9.17, 15) is 29.4 Å². The fourth-order valence-electron chi connectivity index (χ4n) is 3.51. The van der Waals surface area contributed by atoms with Crippen LogP contribution in [0.2, 0.25) is 0 Å². The summed E-state index contributed by atoms with van der Waals surface area (Å²) in [5, 5.41) is 26.4. The summed E-state index contributed by atoms with van der Waals surface area (Å²) in [5.41, 5.74) is 17.8. The molecule has 12 nitrogen and oxygen atoms in total. The number of aliphatic carboxylic acids is 1. The van der Waals surface area contributed by atoms with Crippen molar-refractivity contribution >= 4 is 36.3 Å². The summed E-state index contributed by atoms with van der Waals surface area (Å²) in [6.07, 6.45) is 2.95. The predicted octanol–water partition coefficient (Wildman–Crippen LogP) is -1.01. The number of phenolic OH excluding ortho intramolecular Hbond substituents is 1. The maximum absolute atomic E-state index is 13.0. The Kier molecular flexibility index (Phi) is 15.3. The van der Waals surface area contributed by atoms with Gasteiger partial charge in [-0.25, -0.2) is 4.79 Å². The number of carboxylic acid groups (broad SMARTS) is 1. The topological polar surface area (TPSA) is 223 Å². The standard InChI is InChI=1S/C24H40N6O6S/c25-11-3-1-5-18(28-21(32)17(27)13-15-7-9-16(31)10-8-15)22(33)30-20(14-37)23(34)29-19(24(35)36)6-2-4-12-26/h7-10,17-20,31,37H,1-6,11-14,25-27H2,(H,28,32)(H,29,34)(H,30,33)(H,35,36). The third kappa shape index (κ3) is 12.3. The summed E-state index contributed by atoms with van der Waals surface area (Å²) in [6, 6.07) is 2.07. The SMILES string of the molecule is NCCCCC(NC(=O)C(CS)NC(=O)C(CCCCN)NC(=O)C(N)Cc1ccc(O)cc1)C(=O)O. The molecule has 0 saturated heterocycles. The lowest BCUT2D eigenvalue weighted by molar-refractivity contribution is -0.142. The van der Waals surface area contributed by atoms with Crippen LogP contribution in [0.15, 0.2) is 24.3 Å². The lowest BCUT2D eigenvalue weighted by Gasteiger charge is -2.24. The molecule has 0 spiro atoms. The lowest BCUT2D eigenvalue weighted by Crippen LogP contribution is -2.57. The molecule has 0 fully saturated rings. The van der Waals surface area contributed by atoms with Crippen molar-refractivity contribution < 1.29 is 29.4 Å². The second-order valence-electron chi connectivity index (χ2n) is 8.75. The Labute approximate surface area is 222 Å². The molecule has 13 heteroatoms. The van der Waals surface area contributed by atoms with Crippen LogP contribution in [0.3, 0.4) is 0 Å². The minimum atomic E-state index is -1.19. The van der Waals surface area contributed by atoms with Crippen LogP contribution in [-0.2, 0) is 25.6 Å². The Bertz CT molecular complexity index is 872. The van der Waals surface area contributed by atoms with E-state index < -0.39 is 47.9 Å². The molecule has 11 N–H and O–H groups in total. The Morgan fingerprint density at radius 3 is 1.78 bits per heavy atom. The smallest absolute Gasteiger partial charge is 0.326 e. The van der Waals surface area contributed by atoms with Crippen LogP contribution in [0, 0.1) is 0 Å². The van der Waals surface area contributed by atoms with Gasteiger partial charge in [-0.05, 0) is 75.7 Å². The van der Waals surface area contributed by atoms with Crippen LogP contribution < -0.4 is 33.2 Å². The molecular formula is C24H40N6O6S. The highest BCUT2D eigenvalue weighted by Crippen LogP contribution is 2.11. The Morgan fingerprint density at radius 2 is 1.27 bits per heavy atom. The van der Waals surface area contributed by atoms with Crippen molar-refractivity contribution in [3.63, 3.8) is 0 Å². The molecule has 0 radical (unpaired) electrons. The molecule has 1 aromatic rings. The molecule has 4 atom stereocenters. The number of benzene rings is 1. The third-order valence-corrected chi connectivity index (χ3v) is 6.05. The summed E-state index contributed by atoms with van der Waals surface area (Å²) in [7, 11) is 0. The number of aromatic hydroxyl groups is 1. The van der Waals surface area contributed by atoms with Gasteiger partial charge in [0.1, 0.15) is 23.9 Å². The van der Waals surface area contributed by atoms with E-state index in [1.165, 1.54) is 12.1 Å². The summed E-state index contributed by atoms with van der Waals surface area (Å²) in [6.45, 7) is 0.816. The monoisotopic (exact) mass is 540 g/mol.